The molecule has 14 heavy (non-hydrogen) atoms. The van der Waals surface area contributed by atoms with Crippen molar-refractivity contribution in [2.45, 2.75) is 32.8 Å². The minimum absolute atomic E-state index is 0.107. The van der Waals surface area contributed by atoms with Crippen LogP contribution in [-0.2, 0) is 11.2 Å². The summed E-state index contributed by atoms with van der Waals surface area (Å²) < 4.78 is 5.14. The van der Waals surface area contributed by atoms with Crippen molar-refractivity contribution in [3.05, 3.63) is 22.7 Å². The maximum atomic E-state index is 5.88. The molecule has 1 rings (SSSR count). The molecule has 0 fully saturated rings. The van der Waals surface area contributed by atoms with Crippen LogP contribution in [0.3, 0.4) is 0 Å². The molecule has 0 saturated carbocycles. The Bertz CT molecular complexity index is 304. The number of rotatable bonds is 4. The highest BCUT2D eigenvalue weighted by Crippen LogP contribution is 2.15. The van der Waals surface area contributed by atoms with Crippen molar-refractivity contribution in [1.82, 2.24) is 9.97 Å². The summed E-state index contributed by atoms with van der Waals surface area (Å²) in [6.45, 7) is 4.01. The highest BCUT2D eigenvalue weighted by Gasteiger charge is 2.09. The van der Waals surface area contributed by atoms with E-state index >= 15 is 0 Å². The van der Waals surface area contributed by atoms with Gasteiger partial charge in [-0.3, -0.25) is 0 Å². The smallest absolute Gasteiger partial charge is 0.158 e. The minimum Gasteiger partial charge on any atom is -0.374 e. The minimum atomic E-state index is -0.107. The van der Waals surface area contributed by atoms with Gasteiger partial charge in [0.25, 0.3) is 0 Å². The fourth-order valence-electron chi connectivity index (χ4n) is 1.16. The van der Waals surface area contributed by atoms with Crippen LogP contribution >= 0.6 is 11.6 Å². The molecule has 4 heteroatoms. The molecule has 0 spiro atoms. The molecule has 0 aliphatic carbocycles. The van der Waals surface area contributed by atoms with Gasteiger partial charge in [-0.2, -0.15) is 0 Å². The summed E-state index contributed by atoms with van der Waals surface area (Å²) in [7, 11) is 1.63. The lowest BCUT2D eigenvalue weighted by molar-refractivity contribution is 0.112. The van der Waals surface area contributed by atoms with E-state index in [-0.39, 0.29) is 6.10 Å². The second kappa shape index (κ2) is 5.27. The summed E-state index contributed by atoms with van der Waals surface area (Å²) in [6.07, 6.45) is 1.86. The summed E-state index contributed by atoms with van der Waals surface area (Å²) in [6, 6.07) is 1.80. The lowest BCUT2D eigenvalue weighted by atomic mass is 10.2. The Morgan fingerprint density at radius 2 is 2.21 bits per heavy atom. The summed E-state index contributed by atoms with van der Waals surface area (Å²) >= 11 is 5.88. The van der Waals surface area contributed by atoms with Crippen LogP contribution in [0.2, 0.25) is 5.15 Å². The van der Waals surface area contributed by atoms with E-state index in [1.54, 1.807) is 13.2 Å². The lowest BCUT2D eigenvalue weighted by Gasteiger charge is -2.09. The first-order valence-electron chi connectivity index (χ1n) is 4.73. The SMILES string of the molecule is CCCc1cc(Cl)nc(C(C)OC)n1. The summed E-state index contributed by atoms with van der Waals surface area (Å²) in [5, 5.41) is 0.488. The lowest BCUT2D eigenvalue weighted by Crippen LogP contribution is -2.05. The summed E-state index contributed by atoms with van der Waals surface area (Å²) in [5.74, 6) is 0.656. The third-order valence-corrected chi connectivity index (χ3v) is 2.18. The Hall–Kier alpha value is -0.670. The van der Waals surface area contributed by atoms with E-state index in [4.69, 9.17) is 16.3 Å². The fourth-order valence-corrected chi connectivity index (χ4v) is 1.37. The highest BCUT2D eigenvalue weighted by molar-refractivity contribution is 6.29. The molecular formula is C10H15ClN2O. The van der Waals surface area contributed by atoms with Gasteiger partial charge >= 0.3 is 0 Å². The first kappa shape index (κ1) is 11.4. The standard InChI is InChI=1S/C10H15ClN2O/c1-4-5-8-6-9(11)13-10(12-8)7(2)14-3/h6-7H,4-5H2,1-3H3. The molecule has 0 radical (unpaired) electrons. The van der Waals surface area contributed by atoms with E-state index in [2.05, 4.69) is 16.9 Å². The van der Waals surface area contributed by atoms with Crippen LogP contribution in [0.4, 0.5) is 0 Å². The molecule has 1 atom stereocenters. The van der Waals surface area contributed by atoms with Crippen molar-refractivity contribution in [1.29, 1.82) is 0 Å². The largest absolute Gasteiger partial charge is 0.374 e. The summed E-state index contributed by atoms with van der Waals surface area (Å²) in [5.41, 5.74) is 0.978. The van der Waals surface area contributed by atoms with Crippen LogP contribution in [0.25, 0.3) is 0 Å². The van der Waals surface area contributed by atoms with Crippen molar-refractivity contribution in [3.8, 4) is 0 Å². The van der Waals surface area contributed by atoms with Crippen LogP contribution in [-0.4, -0.2) is 17.1 Å². The van der Waals surface area contributed by atoms with Gasteiger partial charge in [0.15, 0.2) is 5.82 Å². The first-order chi connectivity index (χ1) is 6.67. The molecule has 0 aliphatic rings. The number of hydrogen-bond donors (Lipinski definition) is 0. The van der Waals surface area contributed by atoms with Gasteiger partial charge in [0.1, 0.15) is 11.3 Å². The number of nitrogens with zero attached hydrogens (tertiary/aromatic N) is 2. The van der Waals surface area contributed by atoms with Crippen LogP contribution < -0.4 is 0 Å². The number of aryl methyl sites for hydroxylation is 1. The number of aromatic nitrogens is 2. The molecule has 0 aromatic carbocycles. The van der Waals surface area contributed by atoms with Crippen molar-refractivity contribution < 1.29 is 4.74 Å². The predicted octanol–water partition coefficient (Wildman–Crippen LogP) is 2.79. The van der Waals surface area contributed by atoms with Gasteiger partial charge in [-0.25, -0.2) is 9.97 Å². The average Bonchev–Trinajstić information content (AvgIpc) is 2.16. The molecule has 78 valence electrons. The molecule has 1 heterocycles. The summed E-state index contributed by atoms with van der Waals surface area (Å²) in [4.78, 5) is 8.49. The van der Waals surface area contributed by atoms with E-state index < -0.39 is 0 Å². The molecule has 1 aromatic heterocycles. The molecular weight excluding hydrogens is 200 g/mol. The fraction of sp³-hybridized carbons (Fsp3) is 0.600. The molecule has 1 aromatic rings. The van der Waals surface area contributed by atoms with Gasteiger partial charge < -0.3 is 4.74 Å². The van der Waals surface area contributed by atoms with Crippen LogP contribution in [0.1, 0.15) is 37.9 Å². The number of methoxy groups -OCH3 is 1. The van der Waals surface area contributed by atoms with E-state index in [1.165, 1.54) is 0 Å². The molecule has 0 N–H and O–H groups in total. The third-order valence-electron chi connectivity index (χ3n) is 1.99. The number of hydrogen-bond acceptors (Lipinski definition) is 3. The van der Waals surface area contributed by atoms with E-state index in [0.717, 1.165) is 18.5 Å². The van der Waals surface area contributed by atoms with E-state index in [0.29, 0.717) is 11.0 Å². The molecule has 3 nitrogen and oxygen atoms in total. The van der Waals surface area contributed by atoms with Gasteiger partial charge in [0.2, 0.25) is 0 Å². The van der Waals surface area contributed by atoms with E-state index in [1.807, 2.05) is 6.92 Å². The second-order valence-electron chi connectivity index (χ2n) is 3.17. The van der Waals surface area contributed by atoms with Crippen LogP contribution in [0, 0.1) is 0 Å². The van der Waals surface area contributed by atoms with Gasteiger partial charge in [-0.1, -0.05) is 24.9 Å². The second-order valence-corrected chi connectivity index (χ2v) is 3.56. The van der Waals surface area contributed by atoms with Crippen molar-refractivity contribution in [2.75, 3.05) is 7.11 Å². The highest BCUT2D eigenvalue weighted by atomic mass is 35.5. The van der Waals surface area contributed by atoms with E-state index in [9.17, 15) is 0 Å². The average molecular weight is 215 g/mol. The van der Waals surface area contributed by atoms with Crippen molar-refractivity contribution >= 4 is 11.6 Å². The Labute approximate surface area is 89.5 Å². The van der Waals surface area contributed by atoms with Crippen LogP contribution in [0.15, 0.2) is 6.07 Å². The van der Waals surface area contributed by atoms with Gasteiger partial charge in [-0.05, 0) is 19.4 Å². The van der Waals surface area contributed by atoms with Crippen molar-refractivity contribution in [2.24, 2.45) is 0 Å². The monoisotopic (exact) mass is 214 g/mol. The zero-order chi connectivity index (χ0) is 10.6. The van der Waals surface area contributed by atoms with Gasteiger partial charge in [0.05, 0.1) is 0 Å². The third kappa shape index (κ3) is 2.93. The first-order valence-corrected chi connectivity index (χ1v) is 5.11. The molecule has 0 amide bonds. The number of halogens is 1. The van der Waals surface area contributed by atoms with Gasteiger partial charge in [0, 0.05) is 12.8 Å². The quantitative estimate of drug-likeness (QED) is 0.723. The Kier molecular flexibility index (Phi) is 4.29. The molecule has 0 bridgehead atoms. The molecule has 0 aliphatic heterocycles. The topological polar surface area (TPSA) is 35.0 Å². The Balaban J connectivity index is 2.94. The predicted molar refractivity (Wildman–Crippen MR) is 56.5 cm³/mol. The zero-order valence-corrected chi connectivity index (χ0v) is 9.51. The van der Waals surface area contributed by atoms with Gasteiger partial charge in [-0.15, -0.1) is 0 Å². The number of ether oxygens (including phenoxy) is 1. The normalized spacial score (nSPS) is 12.9. The Morgan fingerprint density at radius 3 is 2.79 bits per heavy atom. The molecule has 1 unspecified atom stereocenters. The molecule has 0 saturated heterocycles. The van der Waals surface area contributed by atoms with Crippen molar-refractivity contribution in [3.63, 3.8) is 0 Å². The Morgan fingerprint density at radius 1 is 1.50 bits per heavy atom. The maximum Gasteiger partial charge on any atom is 0.158 e. The zero-order valence-electron chi connectivity index (χ0n) is 8.75. The maximum absolute atomic E-state index is 5.88. The van der Waals surface area contributed by atoms with Crippen LogP contribution in [0.5, 0.6) is 0 Å².